The second kappa shape index (κ2) is 8.27. The molecule has 0 aliphatic carbocycles. The topological polar surface area (TPSA) is 50.2 Å². The fourth-order valence-electron chi connectivity index (χ4n) is 3.16. The zero-order valence-electron chi connectivity index (χ0n) is 16.1. The molecule has 1 saturated heterocycles. The summed E-state index contributed by atoms with van der Waals surface area (Å²) in [6.45, 7) is 9.16. The number of hydrogen-bond acceptors (Lipinski definition) is 4. The second-order valence-electron chi connectivity index (χ2n) is 7.23. The average molecular weight is 373 g/mol. The summed E-state index contributed by atoms with van der Waals surface area (Å²) in [5.41, 5.74) is 4.03. The van der Waals surface area contributed by atoms with Crippen molar-refractivity contribution in [3.8, 4) is 0 Å². The molecule has 1 aliphatic heterocycles. The third-order valence-corrected chi connectivity index (χ3v) is 6.50. The van der Waals surface area contributed by atoms with Gasteiger partial charge in [0.2, 0.25) is 0 Å². The zero-order valence-corrected chi connectivity index (χ0v) is 16.9. The van der Waals surface area contributed by atoms with Crippen LogP contribution >= 0.6 is 11.9 Å². The van der Waals surface area contributed by atoms with Crippen LogP contribution in [0.5, 0.6) is 0 Å². The summed E-state index contributed by atoms with van der Waals surface area (Å²) in [7, 11) is 1.96. The van der Waals surface area contributed by atoms with E-state index in [0.29, 0.717) is 12.2 Å². The Hall–Kier alpha value is -1.79. The second-order valence-corrected chi connectivity index (χ2v) is 8.36. The van der Waals surface area contributed by atoms with Gasteiger partial charge < -0.3 is 9.88 Å². The Bertz CT molecular complexity index is 778. The van der Waals surface area contributed by atoms with Gasteiger partial charge in [0, 0.05) is 49.7 Å². The van der Waals surface area contributed by atoms with Gasteiger partial charge in [0.25, 0.3) is 5.91 Å². The van der Waals surface area contributed by atoms with Crippen molar-refractivity contribution in [1.29, 1.82) is 0 Å². The van der Waals surface area contributed by atoms with Gasteiger partial charge in [-0.3, -0.25) is 9.78 Å². The maximum absolute atomic E-state index is 12.7. The normalized spacial score (nSPS) is 16.0. The molecule has 0 saturated carbocycles. The number of piperidine rings is 1. The van der Waals surface area contributed by atoms with Crippen molar-refractivity contribution in [2.45, 2.75) is 45.1 Å². The third kappa shape index (κ3) is 4.30. The Balaban J connectivity index is 1.66. The van der Waals surface area contributed by atoms with Crippen molar-refractivity contribution in [2.24, 2.45) is 13.0 Å². The number of nitrogens with zero attached hydrogens (tertiary/aromatic N) is 3. The van der Waals surface area contributed by atoms with Gasteiger partial charge in [-0.2, -0.15) is 0 Å². The van der Waals surface area contributed by atoms with Gasteiger partial charge in [0.1, 0.15) is 5.69 Å². The van der Waals surface area contributed by atoms with E-state index in [1.807, 2.05) is 36.9 Å². The molecule has 0 spiro atoms. The van der Waals surface area contributed by atoms with E-state index >= 15 is 0 Å². The molecule has 1 N–H and O–H groups in total. The first-order chi connectivity index (χ1) is 12.5. The fourth-order valence-corrected chi connectivity index (χ4v) is 4.27. The summed E-state index contributed by atoms with van der Waals surface area (Å²) < 4.78 is 4.41. The number of aryl methyl sites for hydroxylation is 1. The number of hydrogen-bond donors (Lipinski definition) is 1. The van der Waals surface area contributed by atoms with E-state index < -0.39 is 0 Å². The highest BCUT2D eigenvalue weighted by Crippen LogP contribution is 2.31. The molecule has 0 atom stereocenters. The summed E-state index contributed by atoms with van der Waals surface area (Å²) >= 11 is 1.79. The van der Waals surface area contributed by atoms with Gasteiger partial charge >= 0.3 is 0 Å². The highest BCUT2D eigenvalue weighted by molar-refractivity contribution is 7.97. The summed E-state index contributed by atoms with van der Waals surface area (Å²) in [6, 6.07) is 3.97. The molecular formula is C20H28N4OS. The molecule has 6 heteroatoms. The molecular weight excluding hydrogens is 344 g/mol. The van der Waals surface area contributed by atoms with Gasteiger partial charge in [0.15, 0.2) is 0 Å². The van der Waals surface area contributed by atoms with Gasteiger partial charge in [-0.1, -0.05) is 6.92 Å². The number of rotatable bonds is 5. The molecule has 0 bridgehead atoms. The van der Waals surface area contributed by atoms with Crippen LogP contribution in [-0.4, -0.2) is 32.9 Å². The van der Waals surface area contributed by atoms with Crippen molar-refractivity contribution in [3.05, 3.63) is 47.0 Å². The van der Waals surface area contributed by atoms with Gasteiger partial charge in [0.05, 0.1) is 0 Å². The molecule has 1 fully saturated rings. The lowest BCUT2D eigenvalue weighted by Gasteiger charge is -2.28. The Morgan fingerprint density at radius 1 is 1.35 bits per heavy atom. The molecule has 0 aromatic carbocycles. The Morgan fingerprint density at radius 3 is 2.77 bits per heavy atom. The van der Waals surface area contributed by atoms with Crippen LogP contribution < -0.4 is 5.32 Å². The number of aromatic nitrogens is 2. The van der Waals surface area contributed by atoms with E-state index in [1.54, 1.807) is 18.1 Å². The fraction of sp³-hybridized carbons (Fsp3) is 0.500. The van der Waals surface area contributed by atoms with Crippen molar-refractivity contribution < 1.29 is 4.79 Å². The van der Waals surface area contributed by atoms with Gasteiger partial charge in [-0.15, -0.1) is 0 Å². The van der Waals surface area contributed by atoms with Crippen molar-refractivity contribution in [3.63, 3.8) is 0 Å². The van der Waals surface area contributed by atoms with Crippen LogP contribution in [-0.2, 0) is 13.6 Å². The highest BCUT2D eigenvalue weighted by Gasteiger charge is 2.21. The average Bonchev–Trinajstić information content (AvgIpc) is 2.91. The summed E-state index contributed by atoms with van der Waals surface area (Å²) in [5.74, 6) is 0.785. The maximum atomic E-state index is 12.7. The highest BCUT2D eigenvalue weighted by atomic mass is 32.2. The molecule has 0 radical (unpaired) electrons. The number of nitrogens with one attached hydrogen (secondary N) is 1. The summed E-state index contributed by atoms with van der Waals surface area (Å²) in [4.78, 5) is 17.9. The number of carbonyl (C=O) groups excluding carboxylic acids is 1. The maximum Gasteiger partial charge on any atom is 0.268 e. The van der Waals surface area contributed by atoms with Crippen LogP contribution in [0.1, 0.15) is 47.1 Å². The van der Waals surface area contributed by atoms with Crippen LogP contribution in [0, 0.1) is 19.8 Å². The minimum Gasteiger partial charge on any atom is -0.347 e. The lowest BCUT2D eigenvalue weighted by atomic mass is 10.0. The Labute approximate surface area is 160 Å². The lowest BCUT2D eigenvalue weighted by Crippen LogP contribution is -2.27. The van der Waals surface area contributed by atoms with E-state index in [0.717, 1.165) is 35.8 Å². The SMILES string of the molecule is Cc1cnccc1CNC(=O)c1cc(SN2CCC(C)CC2)c(C)n1C. The van der Waals surface area contributed by atoms with E-state index in [1.165, 1.54) is 17.7 Å². The molecule has 2 aromatic heterocycles. The first-order valence-corrected chi connectivity index (χ1v) is 10.00. The standard InChI is InChI=1S/C20H28N4OS/c1-14-6-9-24(10-7-14)26-19-11-18(23(4)16(19)3)20(25)22-13-17-5-8-21-12-15(17)2/h5,8,11-12,14H,6-7,9-10,13H2,1-4H3,(H,22,25). The summed E-state index contributed by atoms with van der Waals surface area (Å²) in [6.07, 6.45) is 6.08. The largest absolute Gasteiger partial charge is 0.347 e. The number of pyridine rings is 1. The molecule has 1 aliphatic rings. The molecule has 5 nitrogen and oxygen atoms in total. The van der Waals surface area contributed by atoms with E-state index in [-0.39, 0.29) is 5.91 Å². The van der Waals surface area contributed by atoms with Crippen LogP contribution in [0.15, 0.2) is 29.4 Å². The van der Waals surface area contributed by atoms with Gasteiger partial charge in [-0.05, 0) is 67.8 Å². The molecule has 1 amide bonds. The molecule has 140 valence electrons. The van der Waals surface area contributed by atoms with Crippen molar-refractivity contribution >= 4 is 17.9 Å². The summed E-state index contributed by atoms with van der Waals surface area (Å²) in [5, 5.41) is 3.04. The zero-order chi connectivity index (χ0) is 18.7. The van der Waals surface area contributed by atoms with Crippen LogP contribution in [0.3, 0.4) is 0 Å². The Kier molecular flexibility index (Phi) is 6.04. The monoisotopic (exact) mass is 372 g/mol. The van der Waals surface area contributed by atoms with Crippen molar-refractivity contribution in [1.82, 2.24) is 19.2 Å². The van der Waals surface area contributed by atoms with E-state index in [4.69, 9.17) is 0 Å². The molecule has 0 unspecified atom stereocenters. The lowest BCUT2D eigenvalue weighted by molar-refractivity contribution is 0.0942. The minimum atomic E-state index is -0.0362. The van der Waals surface area contributed by atoms with Crippen LogP contribution in [0.4, 0.5) is 0 Å². The number of carbonyl (C=O) groups is 1. The van der Waals surface area contributed by atoms with Gasteiger partial charge in [-0.25, -0.2) is 4.31 Å². The molecule has 26 heavy (non-hydrogen) atoms. The minimum absolute atomic E-state index is 0.0362. The Morgan fingerprint density at radius 2 is 2.08 bits per heavy atom. The first kappa shape index (κ1) is 19.0. The molecule has 3 rings (SSSR count). The predicted octanol–water partition coefficient (Wildman–Crippen LogP) is 3.71. The van der Waals surface area contributed by atoms with E-state index in [9.17, 15) is 4.79 Å². The smallest absolute Gasteiger partial charge is 0.268 e. The van der Waals surface area contributed by atoms with Crippen LogP contribution in [0.2, 0.25) is 0 Å². The first-order valence-electron chi connectivity index (χ1n) is 9.22. The van der Waals surface area contributed by atoms with Crippen LogP contribution in [0.25, 0.3) is 0 Å². The number of amides is 1. The van der Waals surface area contributed by atoms with Crippen molar-refractivity contribution in [2.75, 3.05) is 13.1 Å². The quantitative estimate of drug-likeness (QED) is 0.813. The van der Waals surface area contributed by atoms with E-state index in [2.05, 4.69) is 28.5 Å². The third-order valence-electron chi connectivity index (χ3n) is 5.27. The molecule has 3 heterocycles. The molecule has 2 aromatic rings. The predicted molar refractivity (Wildman–Crippen MR) is 106 cm³/mol.